The molecule has 0 saturated carbocycles. The lowest BCUT2D eigenvalue weighted by Gasteiger charge is -2.11. The first-order valence-electron chi connectivity index (χ1n) is 6.77. The van der Waals surface area contributed by atoms with Gasteiger partial charge in [-0.25, -0.2) is 4.79 Å². The van der Waals surface area contributed by atoms with E-state index in [0.29, 0.717) is 5.57 Å². The molecule has 1 heterocycles. The molecule has 0 N–H and O–H groups in total. The molecule has 0 saturated heterocycles. The largest absolute Gasteiger partial charge is 0.503 e. The molecule has 0 bridgehead atoms. The maximum absolute atomic E-state index is 11.8. The summed E-state index contributed by atoms with van der Waals surface area (Å²) >= 11 is 0. The highest BCUT2D eigenvalue weighted by Gasteiger charge is 2.16. The Hall–Kier alpha value is -2.49. The van der Waals surface area contributed by atoms with Gasteiger partial charge in [0.25, 0.3) is 0 Å². The van der Waals surface area contributed by atoms with E-state index < -0.39 is 5.97 Å². The Morgan fingerprint density at radius 1 is 1.14 bits per heavy atom. The lowest BCUT2D eigenvalue weighted by molar-refractivity contribution is -0.133. The molecule has 2 rings (SSSR count). The number of carbonyl (C=O) groups is 1. The standard InChI is InChI=1S/C17H19NO3/c1-20-13-15(17(19)21-2)16-9-6-11-18(16)12-10-14-7-4-3-5-8-14/h3-9,11,13H,10,12H2,1-2H3/b15-13+. The van der Waals surface area contributed by atoms with Crippen LogP contribution < -0.4 is 0 Å². The van der Waals surface area contributed by atoms with Crippen LogP contribution in [0.1, 0.15) is 11.3 Å². The van der Waals surface area contributed by atoms with E-state index in [0.717, 1.165) is 18.7 Å². The molecule has 110 valence electrons. The van der Waals surface area contributed by atoms with Crippen LogP contribution in [0.25, 0.3) is 5.57 Å². The van der Waals surface area contributed by atoms with Crippen LogP contribution in [0.4, 0.5) is 0 Å². The molecule has 4 heteroatoms. The molecule has 2 aromatic rings. The van der Waals surface area contributed by atoms with Crippen molar-refractivity contribution in [2.75, 3.05) is 14.2 Å². The summed E-state index contributed by atoms with van der Waals surface area (Å²) in [6.07, 6.45) is 4.26. The van der Waals surface area contributed by atoms with E-state index in [1.165, 1.54) is 26.0 Å². The first-order valence-corrected chi connectivity index (χ1v) is 6.77. The molecule has 0 aliphatic rings. The second-order valence-electron chi connectivity index (χ2n) is 4.58. The number of rotatable bonds is 6. The van der Waals surface area contributed by atoms with Crippen molar-refractivity contribution in [1.82, 2.24) is 4.57 Å². The number of ether oxygens (including phenoxy) is 2. The second-order valence-corrected chi connectivity index (χ2v) is 4.58. The molecular formula is C17H19NO3. The predicted molar refractivity (Wildman–Crippen MR) is 81.6 cm³/mol. The molecule has 4 nitrogen and oxygen atoms in total. The molecule has 0 fully saturated rings. The van der Waals surface area contributed by atoms with Gasteiger partial charge >= 0.3 is 5.97 Å². The molecule has 0 radical (unpaired) electrons. The lowest BCUT2D eigenvalue weighted by Crippen LogP contribution is -2.10. The Labute approximate surface area is 124 Å². The quantitative estimate of drug-likeness (QED) is 0.465. The van der Waals surface area contributed by atoms with E-state index in [4.69, 9.17) is 9.47 Å². The molecule has 21 heavy (non-hydrogen) atoms. The monoisotopic (exact) mass is 285 g/mol. The normalized spacial score (nSPS) is 11.2. The maximum Gasteiger partial charge on any atom is 0.343 e. The summed E-state index contributed by atoms with van der Waals surface area (Å²) in [6, 6.07) is 14.0. The van der Waals surface area contributed by atoms with Gasteiger partial charge in [-0.1, -0.05) is 30.3 Å². The van der Waals surface area contributed by atoms with Crippen LogP contribution in [0, 0.1) is 0 Å². The minimum absolute atomic E-state index is 0.406. The van der Waals surface area contributed by atoms with Crippen molar-refractivity contribution in [3.63, 3.8) is 0 Å². The fraction of sp³-hybridized carbons (Fsp3) is 0.235. The van der Waals surface area contributed by atoms with Crippen molar-refractivity contribution in [2.24, 2.45) is 0 Å². The molecule has 0 atom stereocenters. The van der Waals surface area contributed by atoms with E-state index in [-0.39, 0.29) is 0 Å². The number of aryl methyl sites for hydroxylation is 2. The number of aromatic nitrogens is 1. The molecule has 0 aliphatic carbocycles. The number of hydrogen-bond donors (Lipinski definition) is 0. The Morgan fingerprint density at radius 2 is 1.90 bits per heavy atom. The average molecular weight is 285 g/mol. The number of hydrogen-bond acceptors (Lipinski definition) is 3. The Morgan fingerprint density at radius 3 is 2.57 bits per heavy atom. The molecule has 0 unspecified atom stereocenters. The van der Waals surface area contributed by atoms with Crippen molar-refractivity contribution >= 4 is 11.5 Å². The molecule has 1 aromatic heterocycles. The molecular weight excluding hydrogens is 266 g/mol. The highest BCUT2D eigenvalue weighted by Crippen LogP contribution is 2.18. The number of nitrogens with zero attached hydrogens (tertiary/aromatic N) is 1. The van der Waals surface area contributed by atoms with Gasteiger partial charge in [-0.05, 0) is 24.1 Å². The van der Waals surface area contributed by atoms with E-state index in [1.807, 2.05) is 41.1 Å². The minimum atomic E-state index is -0.406. The average Bonchev–Trinajstić information content (AvgIpc) is 2.99. The zero-order valence-electron chi connectivity index (χ0n) is 12.3. The van der Waals surface area contributed by atoms with Gasteiger partial charge in [-0.15, -0.1) is 0 Å². The van der Waals surface area contributed by atoms with Gasteiger partial charge in [-0.3, -0.25) is 0 Å². The van der Waals surface area contributed by atoms with Crippen LogP contribution in [-0.4, -0.2) is 24.8 Å². The highest BCUT2D eigenvalue weighted by molar-refractivity contribution is 6.15. The zero-order valence-corrected chi connectivity index (χ0v) is 12.3. The first kappa shape index (κ1) is 14.9. The fourth-order valence-electron chi connectivity index (χ4n) is 2.19. The van der Waals surface area contributed by atoms with Gasteiger partial charge < -0.3 is 14.0 Å². The summed E-state index contributed by atoms with van der Waals surface area (Å²) in [5, 5.41) is 0. The number of benzene rings is 1. The Balaban J connectivity index is 2.17. The van der Waals surface area contributed by atoms with E-state index in [9.17, 15) is 4.79 Å². The van der Waals surface area contributed by atoms with Crippen LogP contribution in [0.2, 0.25) is 0 Å². The van der Waals surface area contributed by atoms with Crippen LogP contribution in [0.15, 0.2) is 54.9 Å². The van der Waals surface area contributed by atoms with Crippen molar-refractivity contribution < 1.29 is 14.3 Å². The van der Waals surface area contributed by atoms with Gasteiger partial charge in [0.2, 0.25) is 0 Å². The third-order valence-corrected chi connectivity index (χ3v) is 3.23. The van der Waals surface area contributed by atoms with Gasteiger partial charge in [0.1, 0.15) is 5.57 Å². The smallest absolute Gasteiger partial charge is 0.343 e. The Kier molecular flexibility index (Phi) is 5.21. The van der Waals surface area contributed by atoms with Crippen molar-refractivity contribution in [1.29, 1.82) is 0 Å². The third-order valence-electron chi connectivity index (χ3n) is 3.23. The summed E-state index contributed by atoms with van der Waals surface area (Å²) in [5.74, 6) is -0.406. The van der Waals surface area contributed by atoms with Crippen LogP contribution >= 0.6 is 0 Å². The topological polar surface area (TPSA) is 40.5 Å². The summed E-state index contributed by atoms with van der Waals surface area (Å²) in [6.45, 7) is 0.782. The summed E-state index contributed by atoms with van der Waals surface area (Å²) in [7, 11) is 2.88. The molecule has 1 aromatic carbocycles. The highest BCUT2D eigenvalue weighted by atomic mass is 16.5. The van der Waals surface area contributed by atoms with E-state index in [1.54, 1.807) is 0 Å². The molecule has 0 aliphatic heterocycles. The third kappa shape index (κ3) is 3.75. The van der Waals surface area contributed by atoms with Crippen molar-refractivity contribution in [2.45, 2.75) is 13.0 Å². The van der Waals surface area contributed by atoms with E-state index >= 15 is 0 Å². The first-order chi connectivity index (χ1) is 10.3. The predicted octanol–water partition coefficient (Wildman–Crippen LogP) is 2.89. The van der Waals surface area contributed by atoms with Crippen LogP contribution in [0.3, 0.4) is 0 Å². The summed E-state index contributed by atoms with van der Waals surface area (Å²) < 4.78 is 11.8. The summed E-state index contributed by atoms with van der Waals surface area (Å²) in [5.41, 5.74) is 2.46. The lowest BCUT2D eigenvalue weighted by atomic mass is 10.1. The maximum atomic E-state index is 11.8. The molecule has 0 spiro atoms. The molecule has 0 amide bonds. The van der Waals surface area contributed by atoms with E-state index in [2.05, 4.69) is 12.1 Å². The van der Waals surface area contributed by atoms with Gasteiger partial charge in [-0.2, -0.15) is 0 Å². The van der Waals surface area contributed by atoms with Gasteiger partial charge in [0.05, 0.1) is 26.2 Å². The Bertz CT molecular complexity index is 614. The fourth-order valence-corrected chi connectivity index (χ4v) is 2.19. The SMILES string of the molecule is CO/C=C(/C(=O)OC)c1cccn1CCc1ccccc1. The van der Waals surface area contributed by atoms with Crippen LogP contribution in [0.5, 0.6) is 0 Å². The summed E-state index contributed by atoms with van der Waals surface area (Å²) in [4.78, 5) is 11.8. The second kappa shape index (κ2) is 7.33. The number of esters is 1. The van der Waals surface area contributed by atoms with Gasteiger partial charge in [0.15, 0.2) is 0 Å². The van der Waals surface area contributed by atoms with Crippen LogP contribution in [-0.2, 0) is 27.2 Å². The van der Waals surface area contributed by atoms with Crippen molar-refractivity contribution in [3.05, 3.63) is 66.2 Å². The number of methoxy groups -OCH3 is 2. The number of carbonyl (C=O) groups excluding carboxylic acids is 1. The van der Waals surface area contributed by atoms with Crippen molar-refractivity contribution in [3.8, 4) is 0 Å². The zero-order chi connectivity index (χ0) is 15.1. The van der Waals surface area contributed by atoms with Gasteiger partial charge in [0, 0.05) is 12.7 Å². The minimum Gasteiger partial charge on any atom is -0.503 e.